The monoisotopic (exact) mass is 256 g/mol. The minimum atomic E-state index is 0.540. The second kappa shape index (κ2) is 7.51. The third kappa shape index (κ3) is 4.52. The molecular formula is C13H21ClN2O. The Hall–Kier alpha value is -0.800. The average Bonchev–Trinajstić information content (AvgIpc) is 2.33. The van der Waals surface area contributed by atoms with Gasteiger partial charge in [-0.2, -0.15) is 0 Å². The SMILES string of the molecule is CCC(CC)COc1ncc(CNC)cc1Cl. The molecule has 1 heterocycles. The summed E-state index contributed by atoms with van der Waals surface area (Å²) in [5.41, 5.74) is 1.06. The van der Waals surface area contributed by atoms with E-state index in [0.717, 1.165) is 24.9 Å². The van der Waals surface area contributed by atoms with E-state index in [1.54, 1.807) is 6.20 Å². The van der Waals surface area contributed by atoms with Crippen LogP contribution >= 0.6 is 11.6 Å². The predicted octanol–water partition coefficient (Wildman–Crippen LogP) is 3.27. The molecule has 0 aliphatic heterocycles. The molecule has 96 valence electrons. The molecule has 1 rings (SSSR count). The van der Waals surface area contributed by atoms with Gasteiger partial charge in [0.15, 0.2) is 0 Å². The Morgan fingerprint density at radius 2 is 2.12 bits per heavy atom. The molecule has 1 aromatic rings. The predicted molar refractivity (Wildman–Crippen MR) is 71.6 cm³/mol. The van der Waals surface area contributed by atoms with Crippen LogP contribution in [-0.2, 0) is 6.54 Å². The fourth-order valence-corrected chi connectivity index (χ4v) is 1.84. The fourth-order valence-electron chi connectivity index (χ4n) is 1.59. The van der Waals surface area contributed by atoms with E-state index < -0.39 is 0 Å². The summed E-state index contributed by atoms with van der Waals surface area (Å²) >= 11 is 6.12. The molecular weight excluding hydrogens is 236 g/mol. The van der Waals surface area contributed by atoms with Crippen molar-refractivity contribution in [2.24, 2.45) is 5.92 Å². The van der Waals surface area contributed by atoms with Crippen LogP contribution in [0.1, 0.15) is 32.3 Å². The van der Waals surface area contributed by atoms with E-state index in [2.05, 4.69) is 24.1 Å². The van der Waals surface area contributed by atoms with Crippen molar-refractivity contribution in [2.75, 3.05) is 13.7 Å². The molecule has 17 heavy (non-hydrogen) atoms. The van der Waals surface area contributed by atoms with E-state index in [-0.39, 0.29) is 0 Å². The summed E-state index contributed by atoms with van der Waals surface area (Å²) in [5.74, 6) is 1.11. The summed E-state index contributed by atoms with van der Waals surface area (Å²) < 4.78 is 5.65. The smallest absolute Gasteiger partial charge is 0.232 e. The first kappa shape index (κ1) is 14.3. The van der Waals surface area contributed by atoms with Gasteiger partial charge < -0.3 is 10.1 Å². The van der Waals surface area contributed by atoms with E-state index >= 15 is 0 Å². The molecule has 0 bridgehead atoms. The molecule has 0 atom stereocenters. The molecule has 0 amide bonds. The average molecular weight is 257 g/mol. The second-order valence-corrected chi connectivity index (χ2v) is 4.56. The van der Waals surface area contributed by atoms with Gasteiger partial charge in [-0.25, -0.2) is 4.98 Å². The van der Waals surface area contributed by atoms with E-state index in [9.17, 15) is 0 Å². The number of halogens is 1. The summed E-state index contributed by atoms with van der Waals surface area (Å²) in [7, 11) is 1.89. The highest BCUT2D eigenvalue weighted by Gasteiger charge is 2.08. The first-order valence-corrected chi connectivity index (χ1v) is 6.50. The molecule has 0 aliphatic carbocycles. The standard InChI is InChI=1S/C13H21ClN2O/c1-4-10(5-2)9-17-13-12(14)6-11(7-15-3)8-16-13/h6,8,10,15H,4-5,7,9H2,1-3H3. The maximum absolute atomic E-state index is 6.12. The molecule has 3 nitrogen and oxygen atoms in total. The topological polar surface area (TPSA) is 34.1 Å². The van der Waals surface area contributed by atoms with Crippen LogP contribution in [0.3, 0.4) is 0 Å². The van der Waals surface area contributed by atoms with Crippen LogP contribution < -0.4 is 10.1 Å². The quantitative estimate of drug-likeness (QED) is 0.813. The van der Waals surface area contributed by atoms with Crippen molar-refractivity contribution >= 4 is 11.6 Å². The number of nitrogens with zero attached hydrogens (tertiary/aromatic N) is 1. The van der Waals surface area contributed by atoms with Crippen LogP contribution in [0.2, 0.25) is 5.02 Å². The summed E-state index contributed by atoms with van der Waals surface area (Å²) in [6.07, 6.45) is 4.03. The number of pyridine rings is 1. The van der Waals surface area contributed by atoms with Crippen molar-refractivity contribution in [3.05, 3.63) is 22.8 Å². The number of rotatable bonds is 7. The summed E-state index contributed by atoms with van der Waals surface area (Å²) in [6, 6.07) is 1.90. The Balaban J connectivity index is 2.59. The highest BCUT2D eigenvalue weighted by molar-refractivity contribution is 6.31. The van der Waals surface area contributed by atoms with Crippen LogP contribution in [0.4, 0.5) is 0 Å². The fraction of sp³-hybridized carbons (Fsp3) is 0.615. The molecule has 0 fully saturated rings. The van der Waals surface area contributed by atoms with Gasteiger partial charge in [0.25, 0.3) is 0 Å². The number of nitrogens with one attached hydrogen (secondary N) is 1. The molecule has 4 heteroatoms. The zero-order valence-electron chi connectivity index (χ0n) is 10.8. The third-order valence-electron chi connectivity index (χ3n) is 2.86. The van der Waals surface area contributed by atoms with Gasteiger partial charge in [0.2, 0.25) is 5.88 Å². The van der Waals surface area contributed by atoms with Crippen LogP contribution in [0, 0.1) is 5.92 Å². The first-order valence-electron chi connectivity index (χ1n) is 6.13. The van der Waals surface area contributed by atoms with Gasteiger partial charge in [0.1, 0.15) is 5.02 Å². The Labute approximate surface area is 109 Å². The molecule has 1 aromatic heterocycles. The zero-order valence-corrected chi connectivity index (χ0v) is 11.5. The maximum Gasteiger partial charge on any atom is 0.232 e. The van der Waals surface area contributed by atoms with Gasteiger partial charge in [-0.15, -0.1) is 0 Å². The normalized spacial score (nSPS) is 10.9. The van der Waals surface area contributed by atoms with Crippen molar-refractivity contribution in [2.45, 2.75) is 33.2 Å². The van der Waals surface area contributed by atoms with Gasteiger partial charge in [-0.05, 0) is 24.6 Å². The lowest BCUT2D eigenvalue weighted by molar-refractivity contribution is 0.233. The van der Waals surface area contributed by atoms with Crippen molar-refractivity contribution in [1.29, 1.82) is 0 Å². The molecule has 0 saturated heterocycles. The first-order chi connectivity index (χ1) is 8.21. The van der Waals surface area contributed by atoms with Crippen LogP contribution in [0.5, 0.6) is 5.88 Å². The van der Waals surface area contributed by atoms with Gasteiger partial charge >= 0.3 is 0 Å². The van der Waals surface area contributed by atoms with E-state index in [0.29, 0.717) is 23.4 Å². The third-order valence-corrected chi connectivity index (χ3v) is 3.13. The van der Waals surface area contributed by atoms with Gasteiger partial charge in [-0.3, -0.25) is 0 Å². The van der Waals surface area contributed by atoms with Crippen LogP contribution in [0.15, 0.2) is 12.3 Å². The second-order valence-electron chi connectivity index (χ2n) is 4.15. The molecule has 0 aromatic carbocycles. The van der Waals surface area contributed by atoms with Crippen molar-refractivity contribution in [1.82, 2.24) is 10.3 Å². The maximum atomic E-state index is 6.12. The lowest BCUT2D eigenvalue weighted by Crippen LogP contribution is -2.11. The van der Waals surface area contributed by atoms with Crippen molar-refractivity contribution in [3.63, 3.8) is 0 Å². The molecule has 0 spiro atoms. The van der Waals surface area contributed by atoms with Crippen LogP contribution in [0.25, 0.3) is 0 Å². The number of ether oxygens (including phenoxy) is 1. The van der Waals surface area contributed by atoms with Crippen molar-refractivity contribution in [3.8, 4) is 5.88 Å². The largest absolute Gasteiger partial charge is 0.476 e. The molecule has 0 aliphatic rings. The van der Waals surface area contributed by atoms with E-state index in [1.165, 1.54) is 0 Å². The minimum Gasteiger partial charge on any atom is -0.476 e. The highest BCUT2D eigenvalue weighted by atomic mass is 35.5. The summed E-state index contributed by atoms with van der Waals surface area (Å²) in [6.45, 7) is 5.79. The number of aromatic nitrogens is 1. The Bertz CT molecular complexity index is 340. The highest BCUT2D eigenvalue weighted by Crippen LogP contribution is 2.23. The lowest BCUT2D eigenvalue weighted by atomic mass is 10.1. The molecule has 1 N–H and O–H groups in total. The number of hydrogen-bond acceptors (Lipinski definition) is 3. The minimum absolute atomic E-state index is 0.540. The van der Waals surface area contributed by atoms with Crippen LogP contribution in [-0.4, -0.2) is 18.6 Å². The summed E-state index contributed by atoms with van der Waals surface area (Å²) in [4.78, 5) is 4.24. The molecule has 0 unspecified atom stereocenters. The summed E-state index contributed by atoms with van der Waals surface area (Å²) in [5, 5.41) is 3.65. The Kier molecular flexibility index (Phi) is 6.30. The molecule has 0 saturated carbocycles. The lowest BCUT2D eigenvalue weighted by Gasteiger charge is -2.14. The van der Waals surface area contributed by atoms with Gasteiger partial charge in [0.05, 0.1) is 6.61 Å². The van der Waals surface area contributed by atoms with E-state index in [1.807, 2.05) is 13.1 Å². The molecule has 0 radical (unpaired) electrons. The van der Waals surface area contributed by atoms with Gasteiger partial charge in [-0.1, -0.05) is 38.3 Å². The Morgan fingerprint density at radius 3 is 2.65 bits per heavy atom. The zero-order chi connectivity index (χ0) is 12.7. The number of hydrogen-bond donors (Lipinski definition) is 1. The van der Waals surface area contributed by atoms with E-state index in [4.69, 9.17) is 16.3 Å². The Morgan fingerprint density at radius 1 is 1.41 bits per heavy atom. The van der Waals surface area contributed by atoms with Gasteiger partial charge in [0, 0.05) is 12.7 Å². The van der Waals surface area contributed by atoms with Crippen molar-refractivity contribution < 1.29 is 4.74 Å².